The Kier molecular flexibility index (Phi) is 5.66. The smallest absolute Gasteiger partial charge is 0.342 e. The number of phenolic OH excluding ortho intramolecular Hbond substituents is 1. The molecule has 0 bridgehead atoms. The lowest BCUT2D eigenvalue weighted by molar-refractivity contribution is -0.143. The molecule has 0 amide bonds. The number of phenols is 1. The van der Waals surface area contributed by atoms with Crippen molar-refractivity contribution in [1.82, 2.24) is 0 Å². The van der Waals surface area contributed by atoms with Crippen LogP contribution in [0.1, 0.15) is 23.7 Å². The van der Waals surface area contributed by atoms with E-state index >= 15 is 0 Å². The van der Waals surface area contributed by atoms with E-state index in [4.69, 9.17) is 14.2 Å². The zero-order chi connectivity index (χ0) is 14.3. The van der Waals surface area contributed by atoms with Crippen LogP contribution in [0.15, 0.2) is 18.2 Å². The minimum absolute atomic E-state index is 0.0109. The van der Waals surface area contributed by atoms with Gasteiger partial charge in [0.25, 0.3) is 0 Å². The lowest BCUT2D eigenvalue weighted by atomic mass is 10.2. The van der Waals surface area contributed by atoms with Crippen molar-refractivity contribution in [3.8, 4) is 11.5 Å². The van der Waals surface area contributed by atoms with Crippen LogP contribution in [-0.2, 0) is 14.3 Å². The molecule has 0 fully saturated rings. The van der Waals surface area contributed by atoms with Gasteiger partial charge in [-0.25, -0.2) is 4.79 Å². The van der Waals surface area contributed by atoms with E-state index in [2.05, 4.69) is 0 Å². The van der Waals surface area contributed by atoms with E-state index in [9.17, 15) is 14.7 Å². The minimum atomic E-state index is -0.722. The molecule has 0 spiro atoms. The zero-order valence-corrected chi connectivity index (χ0v) is 10.8. The van der Waals surface area contributed by atoms with Gasteiger partial charge < -0.3 is 19.3 Å². The van der Waals surface area contributed by atoms with Crippen molar-refractivity contribution in [2.75, 3.05) is 20.3 Å². The summed E-state index contributed by atoms with van der Waals surface area (Å²) in [6, 6.07) is 4.22. The maximum Gasteiger partial charge on any atom is 0.342 e. The Morgan fingerprint density at radius 3 is 2.63 bits per heavy atom. The van der Waals surface area contributed by atoms with Gasteiger partial charge in [0.15, 0.2) is 0 Å². The van der Waals surface area contributed by atoms with Crippen molar-refractivity contribution in [3.05, 3.63) is 23.8 Å². The van der Waals surface area contributed by atoms with Gasteiger partial charge in [-0.05, 0) is 25.1 Å². The fourth-order valence-electron chi connectivity index (χ4n) is 1.34. The number of hydrogen-bond donors (Lipinski definition) is 1. The Hall–Kier alpha value is -2.24. The van der Waals surface area contributed by atoms with E-state index in [0.717, 1.165) is 0 Å². The molecule has 0 aliphatic heterocycles. The van der Waals surface area contributed by atoms with Crippen molar-refractivity contribution in [1.29, 1.82) is 0 Å². The van der Waals surface area contributed by atoms with Crippen LogP contribution in [0.4, 0.5) is 0 Å². The largest absolute Gasteiger partial charge is 0.507 e. The topological polar surface area (TPSA) is 82.1 Å². The molecule has 0 aliphatic rings. The van der Waals surface area contributed by atoms with Gasteiger partial charge in [-0.2, -0.15) is 0 Å². The summed E-state index contributed by atoms with van der Waals surface area (Å²) in [6.45, 7) is 1.87. The number of carbonyl (C=O) groups excluding carboxylic acids is 2. The standard InChI is InChI=1S/C13H16O6/c1-3-18-12(15)6-7-19-13(16)10-8-9(17-2)4-5-11(10)14/h4-5,8,14H,3,6-7H2,1-2H3. The summed E-state index contributed by atoms with van der Waals surface area (Å²) in [7, 11) is 1.45. The number of hydrogen-bond acceptors (Lipinski definition) is 6. The van der Waals surface area contributed by atoms with Crippen molar-refractivity contribution >= 4 is 11.9 Å². The molecular weight excluding hydrogens is 252 g/mol. The quantitative estimate of drug-likeness (QED) is 0.787. The van der Waals surface area contributed by atoms with Gasteiger partial charge in [0, 0.05) is 0 Å². The maximum absolute atomic E-state index is 11.7. The molecule has 1 aromatic carbocycles. The van der Waals surface area contributed by atoms with Crippen LogP contribution in [0, 0.1) is 0 Å². The summed E-state index contributed by atoms with van der Waals surface area (Å²) in [4.78, 5) is 22.7. The fourth-order valence-corrected chi connectivity index (χ4v) is 1.34. The maximum atomic E-state index is 11.7. The molecule has 0 radical (unpaired) electrons. The van der Waals surface area contributed by atoms with E-state index in [1.165, 1.54) is 25.3 Å². The molecular formula is C13H16O6. The number of carbonyl (C=O) groups is 2. The first-order valence-corrected chi connectivity index (χ1v) is 5.78. The van der Waals surface area contributed by atoms with Gasteiger partial charge in [0.05, 0.1) is 20.1 Å². The van der Waals surface area contributed by atoms with Crippen molar-refractivity contribution in [2.45, 2.75) is 13.3 Å². The number of rotatable bonds is 6. The minimum Gasteiger partial charge on any atom is -0.507 e. The molecule has 0 atom stereocenters. The number of methoxy groups -OCH3 is 1. The third-order valence-corrected chi connectivity index (χ3v) is 2.27. The van der Waals surface area contributed by atoms with E-state index in [-0.39, 0.29) is 30.9 Å². The third-order valence-electron chi connectivity index (χ3n) is 2.27. The molecule has 1 rings (SSSR count). The highest BCUT2D eigenvalue weighted by molar-refractivity contribution is 5.93. The number of esters is 2. The van der Waals surface area contributed by atoms with Crippen molar-refractivity contribution in [2.24, 2.45) is 0 Å². The molecule has 0 unspecified atom stereocenters. The second-order valence-electron chi connectivity index (χ2n) is 3.57. The monoisotopic (exact) mass is 268 g/mol. The summed E-state index contributed by atoms with van der Waals surface area (Å²) in [5.41, 5.74) is -0.0109. The van der Waals surface area contributed by atoms with Crippen LogP contribution in [0.5, 0.6) is 11.5 Å². The Morgan fingerprint density at radius 2 is 2.00 bits per heavy atom. The molecule has 0 saturated carbocycles. The average Bonchev–Trinajstić information content (AvgIpc) is 2.39. The van der Waals surface area contributed by atoms with Gasteiger partial charge in [-0.3, -0.25) is 4.79 Å². The van der Waals surface area contributed by atoms with E-state index < -0.39 is 11.9 Å². The molecule has 0 aliphatic carbocycles. The van der Waals surface area contributed by atoms with Gasteiger partial charge in [-0.15, -0.1) is 0 Å². The molecule has 6 heteroatoms. The van der Waals surface area contributed by atoms with Gasteiger partial charge in [0.2, 0.25) is 0 Å². The molecule has 104 valence electrons. The first-order valence-electron chi connectivity index (χ1n) is 5.78. The van der Waals surface area contributed by atoms with Crippen molar-refractivity contribution in [3.63, 3.8) is 0 Å². The van der Waals surface area contributed by atoms with E-state index in [0.29, 0.717) is 5.75 Å². The first-order chi connectivity index (χ1) is 9.08. The summed E-state index contributed by atoms with van der Waals surface area (Å²) in [6.07, 6.45) is -0.0235. The second-order valence-corrected chi connectivity index (χ2v) is 3.57. The summed E-state index contributed by atoms with van der Waals surface area (Å²) in [5, 5.41) is 9.55. The number of benzene rings is 1. The van der Waals surface area contributed by atoms with Gasteiger partial charge >= 0.3 is 11.9 Å². The summed E-state index contributed by atoms with van der Waals surface area (Å²) >= 11 is 0. The Balaban J connectivity index is 2.56. The number of ether oxygens (including phenoxy) is 3. The highest BCUT2D eigenvalue weighted by Crippen LogP contribution is 2.23. The highest BCUT2D eigenvalue weighted by atomic mass is 16.5. The van der Waals surface area contributed by atoms with Crippen LogP contribution in [-0.4, -0.2) is 37.4 Å². The second kappa shape index (κ2) is 7.25. The molecule has 19 heavy (non-hydrogen) atoms. The third kappa shape index (κ3) is 4.50. The molecule has 0 saturated heterocycles. The number of aromatic hydroxyl groups is 1. The van der Waals surface area contributed by atoms with Crippen molar-refractivity contribution < 1.29 is 28.9 Å². The normalized spacial score (nSPS) is 9.79. The molecule has 1 N–H and O–H groups in total. The van der Waals surface area contributed by atoms with E-state index in [1.54, 1.807) is 6.92 Å². The summed E-state index contributed by atoms with van der Waals surface area (Å²) < 4.78 is 14.5. The van der Waals surface area contributed by atoms with Crippen LogP contribution < -0.4 is 4.74 Å². The van der Waals surface area contributed by atoms with Gasteiger partial charge in [0.1, 0.15) is 23.7 Å². The molecule has 0 heterocycles. The Labute approximate surface area is 110 Å². The predicted octanol–water partition coefficient (Wildman–Crippen LogP) is 1.51. The lowest BCUT2D eigenvalue weighted by Gasteiger charge is -2.07. The Morgan fingerprint density at radius 1 is 1.26 bits per heavy atom. The average molecular weight is 268 g/mol. The molecule has 1 aromatic rings. The molecule has 0 aromatic heterocycles. The predicted molar refractivity (Wildman–Crippen MR) is 66.2 cm³/mol. The van der Waals surface area contributed by atoms with Crippen LogP contribution >= 0.6 is 0 Å². The fraction of sp³-hybridized carbons (Fsp3) is 0.385. The lowest BCUT2D eigenvalue weighted by Crippen LogP contribution is -2.12. The zero-order valence-electron chi connectivity index (χ0n) is 10.8. The SMILES string of the molecule is CCOC(=O)CCOC(=O)c1cc(OC)ccc1O. The summed E-state index contributed by atoms with van der Waals surface area (Å²) in [5.74, 6) is -0.942. The van der Waals surface area contributed by atoms with Crippen LogP contribution in [0.3, 0.4) is 0 Å². The van der Waals surface area contributed by atoms with E-state index in [1.807, 2.05) is 0 Å². The Bertz CT molecular complexity index is 454. The van der Waals surface area contributed by atoms with Crippen LogP contribution in [0.25, 0.3) is 0 Å². The van der Waals surface area contributed by atoms with Gasteiger partial charge in [-0.1, -0.05) is 0 Å². The highest BCUT2D eigenvalue weighted by Gasteiger charge is 2.14. The van der Waals surface area contributed by atoms with Crippen LogP contribution in [0.2, 0.25) is 0 Å². The first kappa shape index (κ1) is 14.8. The molecule has 6 nitrogen and oxygen atoms in total.